The van der Waals surface area contributed by atoms with Crippen molar-refractivity contribution in [2.45, 2.75) is 18.8 Å². The summed E-state index contributed by atoms with van der Waals surface area (Å²) in [6, 6.07) is 2.34. The van der Waals surface area contributed by atoms with E-state index in [1.165, 1.54) is 12.3 Å². The van der Waals surface area contributed by atoms with Crippen LogP contribution in [0.2, 0.25) is 0 Å². The fourth-order valence-corrected chi connectivity index (χ4v) is 1.96. The van der Waals surface area contributed by atoms with Crippen LogP contribution in [0.1, 0.15) is 5.76 Å². The predicted molar refractivity (Wildman–Crippen MR) is 62.8 cm³/mol. The molecule has 1 amide bonds. The molecule has 1 N–H and O–H groups in total. The van der Waals surface area contributed by atoms with Crippen LogP contribution >= 0.6 is 0 Å². The average molecular weight is 292 g/mol. The summed E-state index contributed by atoms with van der Waals surface area (Å²) in [6.45, 7) is -0.572. The third-order valence-electron chi connectivity index (χ3n) is 2.83. The second kappa shape index (κ2) is 6.27. The summed E-state index contributed by atoms with van der Waals surface area (Å²) in [7, 11) is 0. The quantitative estimate of drug-likeness (QED) is 0.905. The zero-order chi connectivity index (χ0) is 14.6. The van der Waals surface area contributed by atoms with E-state index in [1.54, 1.807) is 6.07 Å². The highest BCUT2D eigenvalue weighted by molar-refractivity contribution is 5.82. The first-order valence-corrected chi connectivity index (χ1v) is 6.15. The Morgan fingerprint density at radius 3 is 2.85 bits per heavy atom. The Labute approximate surface area is 113 Å². The van der Waals surface area contributed by atoms with E-state index in [-0.39, 0.29) is 13.2 Å². The molecule has 5 nitrogen and oxygen atoms in total. The molecular formula is C12H15F3N2O3. The highest BCUT2D eigenvalue weighted by Gasteiger charge is 2.36. The number of hydrogen-bond donors (Lipinski definition) is 1. The number of furan rings is 1. The van der Waals surface area contributed by atoms with Crippen molar-refractivity contribution in [2.24, 2.45) is 0 Å². The summed E-state index contributed by atoms with van der Waals surface area (Å²) < 4.78 is 47.9. The van der Waals surface area contributed by atoms with E-state index >= 15 is 0 Å². The van der Waals surface area contributed by atoms with Gasteiger partial charge in [-0.15, -0.1) is 0 Å². The maximum Gasteiger partial charge on any atom is 0.406 e. The van der Waals surface area contributed by atoms with Gasteiger partial charge in [0, 0.05) is 6.54 Å². The van der Waals surface area contributed by atoms with Crippen LogP contribution in [0.15, 0.2) is 22.8 Å². The molecule has 1 aromatic rings. The maximum atomic E-state index is 12.6. The van der Waals surface area contributed by atoms with Crippen LogP contribution in [0.25, 0.3) is 0 Å². The molecule has 1 aromatic heterocycles. The molecule has 2 rings (SSSR count). The molecule has 0 radical (unpaired) electrons. The molecule has 8 heteroatoms. The molecule has 2 heterocycles. The van der Waals surface area contributed by atoms with Gasteiger partial charge in [-0.1, -0.05) is 0 Å². The number of hydrogen-bond acceptors (Lipinski definition) is 4. The molecule has 1 aliphatic rings. The van der Waals surface area contributed by atoms with Crippen molar-refractivity contribution in [3.8, 4) is 0 Å². The molecule has 112 valence electrons. The van der Waals surface area contributed by atoms with Crippen molar-refractivity contribution in [1.29, 1.82) is 0 Å². The summed E-state index contributed by atoms with van der Waals surface area (Å²) in [6.07, 6.45) is -3.11. The van der Waals surface area contributed by atoms with Crippen molar-refractivity contribution in [3.63, 3.8) is 0 Å². The summed E-state index contributed by atoms with van der Waals surface area (Å²) in [5, 5.41) is 2.85. The Hall–Kier alpha value is -1.54. The summed E-state index contributed by atoms with van der Waals surface area (Å²) in [5.74, 6) is -0.335. The minimum atomic E-state index is -4.46. The number of morpholine rings is 1. The van der Waals surface area contributed by atoms with Crippen LogP contribution in [0.3, 0.4) is 0 Å². The fourth-order valence-electron chi connectivity index (χ4n) is 1.96. The van der Waals surface area contributed by atoms with Gasteiger partial charge in [0.25, 0.3) is 0 Å². The van der Waals surface area contributed by atoms with Crippen LogP contribution in [0, 0.1) is 0 Å². The molecule has 0 saturated carbocycles. The second-order valence-electron chi connectivity index (χ2n) is 4.47. The van der Waals surface area contributed by atoms with E-state index in [9.17, 15) is 18.0 Å². The lowest BCUT2D eigenvalue weighted by Crippen LogP contribution is -2.53. The van der Waals surface area contributed by atoms with E-state index in [0.717, 1.165) is 4.90 Å². The molecule has 1 fully saturated rings. The molecule has 1 atom stereocenters. The lowest BCUT2D eigenvalue weighted by atomic mass is 10.2. The van der Waals surface area contributed by atoms with Crippen molar-refractivity contribution < 1.29 is 27.1 Å². The van der Waals surface area contributed by atoms with Gasteiger partial charge in [0.15, 0.2) is 0 Å². The molecule has 0 aromatic carbocycles. The Kier molecular flexibility index (Phi) is 4.66. The van der Waals surface area contributed by atoms with Crippen LogP contribution in [0.4, 0.5) is 13.2 Å². The van der Waals surface area contributed by atoms with Gasteiger partial charge in [0.05, 0.1) is 26.0 Å². The summed E-state index contributed by atoms with van der Waals surface area (Å²) in [4.78, 5) is 12.9. The van der Waals surface area contributed by atoms with Gasteiger partial charge in [-0.2, -0.15) is 13.2 Å². The van der Waals surface area contributed by atoms with Gasteiger partial charge >= 0.3 is 6.18 Å². The molecule has 1 unspecified atom stereocenters. The SMILES string of the molecule is O=C(C1COCCN1)N(Cc1ccco1)CC(F)(F)F. The van der Waals surface area contributed by atoms with E-state index in [4.69, 9.17) is 9.15 Å². The number of rotatable bonds is 4. The van der Waals surface area contributed by atoms with Gasteiger partial charge in [-0.05, 0) is 12.1 Å². The molecule has 0 spiro atoms. The molecular weight excluding hydrogens is 277 g/mol. The van der Waals surface area contributed by atoms with Gasteiger partial charge in [0.1, 0.15) is 18.3 Å². The van der Waals surface area contributed by atoms with E-state index < -0.39 is 24.7 Å². The molecule has 1 aliphatic heterocycles. The van der Waals surface area contributed by atoms with E-state index in [2.05, 4.69) is 5.32 Å². The fraction of sp³-hybridized carbons (Fsp3) is 0.583. The van der Waals surface area contributed by atoms with E-state index in [1.807, 2.05) is 0 Å². The van der Waals surface area contributed by atoms with Crippen molar-refractivity contribution >= 4 is 5.91 Å². The van der Waals surface area contributed by atoms with Crippen molar-refractivity contribution in [2.75, 3.05) is 26.3 Å². The van der Waals surface area contributed by atoms with Crippen LogP contribution in [-0.2, 0) is 16.1 Å². The number of alkyl halides is 3. The number of carbonyl (C=O) groups is 1. The largest absolute Gasteiger partial charge is 0.467 e. The Bertz CT molecular complexity index is 428. The first-order valence-electron chi connectivity index (χ1n) is 6.15. The Morgan fingerprint density at radius 2 is 2.30 bits per heavy atom. The topological polar surface area (TPSA) is 54.7 Å². The number of halogens is 3. The number of amides is 1. The van der Waals surface area contributed by atoms with Crippen LogP contribution in [-0.4, -0.2) is 49.3 Å². The minimum absolute atomic E-state index is 0.0747. The number of carbonyl (C=O) groups excluding carboxylic acids is 1. The third-order valence-corrected chi connectivity index (χ3v) is 2.83. The highest BCUT2D eigenvalue weighted by atomic mass is 19.4. The first kappa shape index (κ1) is 14.9. The molecule has 20 heavy (non-hydrogen) atoms. The standard InChI is InChI=1S/C12H15F3N2O3/c13-12(14,15)8-17(6-9-2-1-4-20-9)11(18)10-7-19-5-3-16-10/h1-2,4,10,16H,3,5-8H2. The number of nitrogens with zero attached hydrogens (tertiary/aromatic N) is 1. The third kappa shape index (κ3) is 4.24. The molecule has 0 bridgehead atoms. The monoisotopic (exact) mass is 292 g/mol. The number of nitrogens with one attached hydrogen (secondary N) is 1. The minimum Gasteiger partial charge on any atom is -0.467 e. The van der Waals surface area contributed by atoms with Crippen molar-refractivity contribution in [1.82, 2.24) is 10.2 Å². The van der Waals surface area contributed by atoms with Gasteiger partial charge in [0.2, 0.25) is 5.91 Å². The molecule has 1 saturated heterocycles. The zero-order valence-electron chi connectivity index (χ0n) is 10.7. The predicted octanol–water partition coefficient (Wildman–Crippen LogP) is 1.16. The summed E-state index contributed by atoms with van der Waals surface area (Å²) >= 11 is 0. The van der Waals surface area contributed by atoms with Gasteiger partial charge in [-0.25, -0.2) is 0 Å². The smallest absolute Gasteiger partial charge is 0.406 e. The first-order chi connectivity index (χ1) is 9.46. The maximum absolute atomic E-state index is 12.6. The van der Waals surface area contributed by atoms with Gasteiger partial charge < -0.3 is 19.4 Å². The van der Waals surface area contributed by atoms with Crippen LogP contribution < -0.4 is 5.32 Å². The lowest BCUT2D eigenvalue weighted by Gasteiger charge is -2.30. The summed E-state index contributed by atoms with van der Waals surface area (Å²) in [5.41, 5.74) is 0. The average Bonchev–Trinajstić information content (AvgIpc) is 2.89. The lowest BCUT2D eigenvalue weighted by molar-refractivity contribution is -0.165. The van der Waals surface area contributed by atoms with Crippen LogP contribution in [0.5, 0.6) is 0 Å². The number of ether oxygens (including phenoxy) is 1. The second-order valence-corrected chi connectivity index (χ2v) is 4.47. The Balaban J connectivity index is 2.06. The van der Waals surface area contributed by atoms with E-state index in [0.29, 0.717) is 18.9 Å². The van der Waals surface area contributed by atoms with Crippen molar-refractivity contribution in [3.05, 3.63) is 24.2 Å². The normalized spacial score (nSPS) is 19.9. The highest BCUT2D eigenvalue weighted by Crippen LogP contribution is 2.19. The Morgan fingerprint density at radius 1 is 1.50 bits per heavy atom. The molecule has 0 aliphatic carbocycles. The van der Waals surface area contributed by atoms with Gasteiger partial charge in [-0.3, -0.25) is 4.79 Å². The zero-order valence-corrected chi connectivity index (χ0v) is 10.7.